The summed E-state index contributed by atoms with van der Waals surface area (Å²) in [5, 5.41) is 6.26. The lowest BCUT2D eigenvalue weighted by atomic mass is 9.98. The van der Waals surface area contributed by atoms with Crippen LogP contribution in [-0.2, 0) is 11.2 Å². The normalized spacial score (nSPS) is 12.5. The maximum absolute atomic E-state index is 12.7. The number of nitrogens with zero attached hydrogens (tertiary/aromatic N) is 3. The van der Waals surface area contributed by atoms with Crippen molar-refractivity contribution in [2.24, 2.45) is 5.10 Å². The van der Waals surface area contributed by atoms with Crippen LogP contribution in [0, 0.1) is 0 Å². The molecule has 2 aromatic carbocycles. The van der Waals surface area contributed by atoms with E-state index in [4.69, 9.17) is 0 Å². The van der Waals surface area contributed by atoms with Crippen LogP contribution in [0.4, 0.5) is 0 Å². The zero-order valence-electron chi connectivity index (χ0n) is 17.5. The highest BCUT2D eigenvalue weighted by molar-refractivity contribution is 9.09. The summed E-state index contributed by atoms with van der Waals surface area (Å²) in [5.74, 6) is -0.0554. The highest BCUT2D eigenvalue weighted by atomic mass is 79.9. The van der Waals surface area contributed by atoms with Crippen molar-refractivity contribution in [2.45, 2.75) is 18.8 Å². The Labute approximate surface area is 195 Å². The van der Waals surface area contributed by atoms with E-state index in [1.54, 1.807) is 12.4 Å². The van der Waals surface area contributed by atoms with Crippen LogP contribution in [-0.4, -0.2) is 26.9 Å². The highest BCUT2D eigenvalue weighted by Crippen LogP contribution is 2.22. The molecular formula is C26H23BrN4O. The first-order valence-corrected chi connectivity index (χ1v) is 11.6. The third-order valence-electron chi connectivity index (χ3n) is 5.26. The van der Waals surface area contributed by atoms with Crippen molar-refractivity contribution in [2.75, 3.05) is 5.33 Å². The molecule has 5 nitrogen and oxygen atoms in total. The SMILES string of the molecule is O=C(CC(CBr)c1ccccc1)NN=C(Cc1ccnc2ccccc12)c1ccccn1. The average molecular weight is 487 g/mol. The van der Waals surface area contributed by atoms with Crippen molar-refractivity contribution >= 4 is 38.5 Å². The topological polar surface area (TPSA) is 67.2 Å². The van der Waals surface area contributed by atoms with Crippen molar-refractivity contribution in [3.05, 3.63) is 108 Å². The maximum atomic E-state index is 12.7. The molecule has 1 amide bonds. The number of rotatable bonds is 8. The van der Waals surface area contributed by atoms with E-state index < -0.39 is 0 Å². The van der Waals surface area contributed by atoms with E-state index in [2.05, 4.69) is 36.4 Å². The van der Waals surface area contributed by atoms with Crippen LogP contribution in [0.5, 0.6) is 0 Å². The van der Waals surface area contributed by atoms with Crippen molar-refractivity contribution in [3.63, 3.8) is 0 Å². The van der Waals surface area contributed by atoms with E-state index in [-0.39, 0.29) is 11.8 Å². The molecule has 160 valence electrons. The molecule has 0 spiro atoms. The molecule has 32 heavy (non-hydrogen) atoms. The second kappa shape index (κ2) is 10.8. The van der Waals surface area contributed by atoms with Gasteiger partial charge in [0.15, 0.2) is 0 Å². The molecule has 4 rings (SSSR count). The number of carbonyl (C=O) groups is 1. The number of amides is 1. The predicted molar refractivity (Wildman–Crippen MR) is 132 cm³/mol. The number of benzene rings is 2. The third kappa shape index (κ3) is 5.45. The van der Waals surface area contributed by atoms with Gasteiger partial charge in [-0.3, -0.25) is 14.8 Å². The van der Waals surface area contributed by atoms with Crippen LogP contribution in [0.2, 0.25) is 0 Å². The quantitative estimate of drug-likeness (QED) is 0.209. The van der Waals surface area contributed by atoms with Gasteiger partial charge < -0.3 is 0 Å². The van der Waals surface area contributed by atoms with E-state index in [0.717, 1.165) is 27.7 Å². The van der Waals surface area contributed by atoms with Gasteiger partial charge in [-0.1, -0.05) is 70.5 Å². The number of para-hydroxylation sites is 1. The van der Waals surface area contributed by atoms with Crippen molar-refractivity contribution in [3.8, 4) is 0 Å². The molecule has 0 aliphatic carbocycles. The Morgan fingerprint density at radius 3 is 2.47 bits per heavy atom. The van der Waals surface area contributed by atoms with Crippen LogP contribution in [0.3, 0.4) is 0 Å². The summed E-state index contributed by atoms with van der Waals surface area (Å²) >= 11 is 3.53. The van der Waals surface area contributed by atoms with Gasteiger partial charge in [0.1, 0.15) is 0 Å². The fraction of sp³-hybridized carbons (Fsp3) is 0.154. The summed E-state index contributed by atoms with van der Waals surface area (Å²) in [4.78, 5) is 21.6. The number of carbonyl (C=O) groups excluding carboxylic acids is 1. The van der Waals surface area contributed by atoms with Gasteiger partial charge in [0.05, 0.1) is 16.9 Å². The lowest BCUT2D eigenvalue weighted by molar-refractivity contribution is -0.121. The number of hydrogen-bond donors (Lipinski definition) is 1. The number of nitrogens with one attached hydrogen (secondary N) is 1. The number of alkyl halides is 1. The fourth-order valence-corrected chi connectivity index (χ4v) is 4.20. The number of hydrogen-bond acceptors (Lipinski definition) is 4. The highest BCUT2D eigenvalue weighted by Gasteiger charge is 2.16. The van der Waals surface area contributed by atoms with Crippen molar-refractivity contribution < 1.29 is 4.79 Å². The molecule has 0 saturated heterocycles. The van der Waals surface area contributed by atoms with Crippen LogP contribution in [0.25, 0.3) is 10.9 Å². The van der Waals surface area contributed by atoms with Gasteiger partial charge in [-0.05, 0) is 35.4 Å². The minimum atomic E-state index is -0.133. The monoisotopic (exact) mass is 486 g/mol. The van der Waals surface area contributed by atoms with Crippen LogP contribution in [0.15, 0.2) is 96.4 Å². The van der Waals surface area contributed by atoms with Crippen LogP contribution < -0.4 is 5.43 Å². The molecule has 2 aromatic heterocycles. The summed E-state index contributed by atoms with van der Waals surface area (Å²) in [6, 6.07) is 25.7. The lowest BCUT2D eigenvalue weighted by Crippen LogP contribution is -2.23. The Bertz CT molecular complexity index is 1210. The maximum Gasteiger partial charge on any atom is 0.240 e. The molecule has 2 heterocycles. The molecular weight excluding hydrogens is 464 g/mol. The molecule has 4 aromatic rings. The molecule has 1 atom stereocenters. The number of fused-ring (bicyclic) bond motifs is 1. The van der Waals surface area contributed by atoms with E-state index in [9.17, 15) is 4.79 Å². The molecule has 6 heteroatoms. The fourth-order valence-electron chi connectivity index (χ4n) is 3.60. The number of hydrazone groups is 1. The Morgan fingerprint density at radius 2 is 1.69 bits per heavy atom. The van der Waals surface area contributed by atoms with Crippen LogP contribution in [0.1, 0.15) is 29.2 Å². The van der Waals surface area contributed by atoms with Gasteiger partial charge >= 0.3 is 0 Å². The zero-order valence-corrected chi connectivity index (χ0v) is 19.1. The Balaban J connectivity index is 1.56. The van der Waals surface area contributed by atoms with E-state index in [1.165, 1.54) is 0 Å². The van der Waals surface area contributed by atoms with E-state index >= 15 is 0 Å². The van der Waals surface area contributed by atoms with Crippen molar-refractivity contribution in [1.82, 2.24) is 15.4 Å². The first kappa shape index (κ1) is 21.8. The minimum absolute atomic E-state index is 0.0776. The first-order chi connectivity index (χ1) is 15.7. The minimum Gasteiger partial charge on any atom is -0.273 e. The standard InChI is InChI=1S/C26H23BrN4O/c27-18-21(19-8-2-1-3-9-19)17-26(32)31-30-25(24-12-6-7-14-28-24)16-20-13-15-29-23-11-5-4-10-22(20)23/h1-15,21H,16-18H2,(H,31,32). The number of aromatic nitrogens is 2. The molecule has 0 fully saturated rings. The summed E-state index contributed by atoms with van der Waals surface area (Å²) in [7, 11) is 0. The molecule has 0 aliphatic rings. The summed E-state index contributed by atoms with van der Waals surface area (Å²) in [6.45, 7) is 0. The molecule has 1 N–H and O–H groups in total. The summed E-state index contributed by atoms with van der Waals surface area (Å²) in [6.07, 6.45) is 4.40. The Hall–Kier alpha value is -3.38. The lowest BCUT2D eigenvalue weighted by Gasteiger charge is -2.14. The molecule has 1 unspecified atom stereocenters. The molecule has 0 aliphatic heterocycles. The molecule has 0 bridgehead atoms. The third-order valence-corrected chi connectivity index (χ3v) is 6.04. The number of pyridine rings is 2. The van der Waals surface area contributed by atoms with Crippen molar-refractivity contribution in [1.29, 1.82) is 0 Å². The van der Waals surface area contributed by atoms with Crippen LogP contribution >= 0.6 is 15.9 Å². The Kier molecular flexibility index (Phi) is 7.35. The van der Waals surface area contributed by atoms with Gasteiger partial charge in [-0.25, -0.2) is 5.43 Å². The van der Waals surface area contributed by atoms with Gasteiger partial charge in [0.25, 0.3) is 0 Å². The summed E-state index contributed by atoms with van der Waals surface area (Å²) < 4.78 is 0. The van der Waals surface area contributed by atoms with E-state index in [1.807, 2.05) is 78.9 Å². The molecule has 0 saturated carbocycles. The predicted octanol–water partition coefficient (Wildman–Crippen LogP) is 5.26. The average Bonchev–Trinajstić information content (AvgIpc) is 2.86. The van der Waals surface area contributed by atoms with Gasteiger partial charge in [0, 0.05) is 41.9 Å². The molecule has 0 radical (unpaired) electrons. The summed E-state index contributed by atoms with van der Waals surface area (Å²) in [5.41, 5.74) is 7.32. The van der Waals surface area contributed by atoms with Gasteiger partial charge in [-0.15, -0.1) is 0 Å². The smallest absolute Gasteiger partial charge is 0.240 e. The second-order valence-electron chi connectivity index (χ2n) is 7.44. The van der Waals surface area contributed by atoms with Gasteiger partial charge in [0.2, 0.25) is 5.91 Å². The first-order valence-electron chi connectivity index (χ1n) is 10.4. The van der Waals surface area contributed by atoms with Gasteiger partial charge in [-0.2, -0.15) is 5.10 Å². The number of halogens is 1. The second-order valence-corrected chi connectivity index (χ2v) is 8.09. The zero-order chi connectivity index (χ0) is 22.2. The van der Waals surface area contributed by atoms with E-state index in [0.29, 0.717) is 23.9 Å². The Morgan fingerprint density at radius 1 is 0.906 bits per heavy atom. The largest absolute Gasteiger partial charge is 0.273 e.